The second kappa shape index (κ2) is 10.7. The molecule has 7 heteroatoms. The summed E-state index contributed by atoms with van der Waals surface area (Å²) in [6.07, 6.45) is 4.74. The smallest absolute Gasteiger partial charge is 0.269 e. The van der Waals surface area contributed by atoms with Gasteiger partial charge in [0.25, 0.3) is 5.91 Å². The van der Waals surface area contributed by atoms with E-state index in [9.17, 15) is 9.59 Å². The zero-order valence-electron chi connectivity index (χ0n) is 16.6. The van der Waals surface area contributed by atoms with Crippen LogP contribution in [0.5, 0.6) is 5.75 Å². The molecule has 0 aromatic heterocycles. The number of rotatable bonds is 6. The third-order valence-corrected chi connectivity index (χ3v) is 4.45. The molecule has 0 saturated heterocycles. The van der Waals surface area contributed by atoms with Crippen LogP contribution >= 0.6 is 12.2 Å². The largest absolute Gasteiger partial charge is 0.490 e. The molecule has 3 aromatic rings. The molecule has 0 fully saturated rings. The number of ether oxygens (including phenoxy) is 1. The predicted molar refractivity (Wildman–Crippen MR) is 126 cm³/mol. The van der Waals surface area contributed by atoms with Crippen molar-refractivity contribution in [1.29, 1.82) is 0 Å². The average Bonchev–Trinajstić information content (AvgIpc) is 2.80. The summed E-state index contributed by atoms with van der Waals surface area (Å²) in [7, 11) is 0. The highest BCUT2D eigenvalue weighted by Crippen LogP contribution is 2.19. The molecule has 0 spiro atoms. The average molecular weight is 432 g/mol. The van der Waals surface area contributed by atoms with Gasteiger partial charge in [0.05, 0.1) is 0 Å². The Morgan fingerprint density at radius 2 is 1.71 bits per heavy atom. The van der Waals surface area contributed by atoms with Gasteiger partial charge in [-0.25, -0.2) is 0 Å². The van der Waals surface area contributed by atoms with Gasteiger partial charge in [-0.1, -0.05) is 55.1 Å². The number of thiocarbonyl (C=S) groups is 1. The fourth-order valence-corrected chi connectivity index (χ4v) is 2.94. The van der Waals surface area contributed by atoms with Crippen LogP contribution in [0.4, 0.5) is 0 Å². The number of carbonyl (C=O) groups excluding carboxylic acids is 2. The number of amides is 2. The van der Waals surface area contributed by atoms with E-state index in [2.05, 4.69) is 22.7 Å². The van der Waals surface area contributed by atoms with Gasteiger partial charge >= 0.3 is 0 Å². The van der Waals surface area contributed by atoms with Crippen LogP contribution in [0.15, 0.2) is 85.5 Å². The number of nitrogens with one attached hydrogen (secondary N) is 3. The molecule has 0 aliphatic heterocycles. The third kappa shape index (κ3) is 6.25. The topological polar surface area (TPSA) is 79.5 Å². The maximum Gasteiger partial charge on any atom is 0.269 e. The number of hydrogen-bond donors (Lipinski definition) is 3. The molecule has 31 heavy (non-hydrogen) atoms. The Balaban J connectivity index is 1.49. The fourth-order valence-electron chi connectivity index (χ4n) is 2.79. The Bertz CT molecular complexity index is 1140. The minimum Gasteiger partial charge on any atom is -0.490 e. The van der Waals surface area contributed by atoms with E-state index in [0.29, 0.717) is 17.9 Å². The zero-order chi connectivity index (χ0) is 22.1. The van der Waals surface area contributed by atoms with Crippen molar-refractivity contribution in [2.75, 3.05) is 6.61 Å². The van der Waals surface area contributed by atoms with E-state index in [1.807, 2.05) is 42.5 Å². The monoisotopic (exact) mass is 431 g/mol. The number of fused-ring (bicyclic) bond motifs is 1. The summed E-state index contributed by atoms with van der Waals surface area (Å²) in [4.78, 5) is 24.3. The molecule has 2 amide bonds. The van der Waals surface area contributed by atoms with Crippen LogP contribution < -0.4 is 20.9 Å². The Morgan fingerprint density at radius 1 is 0.968 bits per heavy atom. The third-order valence-electron chi connectivity index (χ3n) is 4.25. The molecule has 0 aliphatic rings. The van der Waals surface area contributed by atoms with Crippen molar-refractivity contribution in [3.05, 3.63) is 96.6 Å². The highest BCUT2D eigenvalue weighted by atomic mass is 32.1. The number of hydrogen-bond acceptors (Lipinski definition) is 4. The van der Waals surface area contributed by atoms with Gasteiger partial charge in [0.2, 0.25) is 5.91 Å². The molecule has 3 aromatic carbocycles. The molecular formula is C24H21N3O3S. The molecule has 0 unspecified atom stereocenters. The van der Waals surface area contributed by atoms with Crippen LogP contribution in [0.3, 0.4) is 0 Å². The first-order valence-corrected chi connectivity index (χ1v) is 9.88. The maximum atomic E-state index is 12.2. The van der Waals surface area contributed by atoms with Gasteiger partial charge in [-0.15, -0.1) is 0 Å². The van der Waals surface area contributed by atoms with Crippen LogP contribution in [-0.2, 0) is 4.79 Å². The first kappa shape index (κ1) is 21.7. The van der Waals surface area contributed by atoms with E-state index in [0.717, 1.165) is 16.3 Å². The second-order valence-electron chi connectivity index (χ2n) is 6.42. The lowest BCUT2D eigenvalue weighted by molar-refractivity contribution is -0.115. The van der Waals surface area contributed by atoms with Crippen molar-refractivity contribution in [2.45, 2.75) is 0 Å². The summed E-state index contributed by atoms with van der Waals surface area (Å²) >= 11 is 5.05. The van der Waals surface area contributed by atoms with Crippen LogP contribution in [0, 0.1) is 0 Å². The summed E-state index contributed by atoms with van der Waals surface area (Å²) in [6, 6.07) is 20.4. The normalized spacial score (nSPS) is 10.5. The van der Waals surface area contributed by atoms with Gasteiger partial charge in [-0.05, 0) is 58.9 Å². The van der Waals surface area contributed by atoms with Crippen LogP contribution in [0.1, 0.15) is 15.9 Å². The van der Waals surface area contributed by atoms with Crippen LogP contribution in [0.25, 0.3) is 16.8 Å². The predicted octanol–water partition coefficient (Wildman–Crippen LogP) is 3.75. The minimum atomic E-state index is -0.414. The first-order valence-electron chi connectivity index (χ1n) is 9.48. The quantitative estimate of drug-likeness (QED) is 0.240. The lowest BCUT2D eigenvalue weighted by Crippen LogP contribution is -2.48. The van der Waals surface area contributed by atoms with Crippen molar-refractivity contribution >= 4 is 46.0 Å². The van der Waals surface area contributed by atoms with Gasteiger partial charge in [0, 0.05) is 11.6 Å². The Hall–Kier alpha value is -3.97. The summed E-state index contributed by atoms with van der Waals surface area (Å²) < 4.78 is 5.37. The van der Waals surface area contributed by atoms with Crippen molar-refractivity contribution in [3.63, 3.8) is 0 Å². The Labute approximate surface area is 185 Å². The Kier molecular flexibility index (Phi) is 7.50. The molecule has 3 rings (SSSR count). The van der Waals surface area contributed by atoms with Crippen molar-refractivity contribution in [3.8, 4) is 5.75 Å². The molecule has 0 atom stereocenters. The maximum absolute atomic E-state index is 12.2. The molecule has 6 nitrogen and oxygen atoms in total. The molecule has 3 N–H and O–H groups in total. The molecule has 0 radical (unpaired) electrons. The van der Waals surface area contributed by atoms with Crippen LogP contribution in [-0.4, -0.2) is 23.5 Å². The standard InChI is InChI=1S/C24H21N3O3S/c1-2-16-30-20-13-10-19(11-14-20)23(29)26-27-24(31)25-22(28)15-12-18-8-5-7-17-6-3-4-9-21(17)18/h2-15H,1,16H2,(H,26,29)(H2,25,27,28,31). The first-order chi connectivity index (χ1) is 15.1. The van der Waals surface area contributed by atoms with Crippen molar-refractivity contribution in [1.82, 2.24) is 16.2 Å². The van der Waals surface area contributed by atoms with Gasteiger partial charge in [-0.2, -0.15) is 0 Å². The van der Waals surface area contributed by atoms with Crippen molar-refractivity contribution in [2.24, 2.45) is 0 Å². The van der Waals surface area contributed by atoms with E-state index >= 15 is 0 Å². The van der Waals surface area contributed by atoms with Crippen LogP contribution in [0.2, 0.25) is 0 Å². The van der Waals surface area contributed by atoms with E-state index in [-0.39, 0.29) is 5.11 Å². The zero-order valence-corrected chi connectivity index (χ0v) is 17.4. The van der Waals surface area contributed by atoms with Crippen molar-refractivity contribution < 1.29 is 14.3 Å². The molecule has 0 saturated carbocycles. The van der Waals surface area contributed by atoms with Gasteiger partial charge in [-0.3, -0.25) is 25.8 Å². The second-order valence-corrected chi connectivity index (χ2v) is 6.83. The van der Waals surface area contributed by atoms with E-state index in [4.69, 9.17) is 17.0 Å². The summed E-state index contributed by atoms with van der Waals surface area (Å²) in [6.45, 7) is 3.96. The SMILES string of the molecule is C=CCOc1ccc(C(=O)NNC(=S)NC(=O)C=Cc2cccc3ccccc23)cc1. The molecule has 0 aliphatic carbocycles. The highest BCUT2D eigenvalue weighted by molar-refractivity contribution is 7.80. The Morgan fingerprint density at radius 3 is 2.48 bits per heavy atom. The molecule has 156 valence electrons. The van der Waals surface area contributed by atoms with E-state index in [1.165, 1.54) is 6.08 Å². The summed E-state index contributed by atoms with van der Waals surface area (Å²) in [5.41, 5.74) is 6.27. The fraction of sp³-hybridized carbons (Fsp3) is 0.0417. The van der Waals surface area contributed by atoms with Gasteiger partial charge < -0.3 is 4.74 Å². The number of benzene rings is 3. The van der Waals surface area contributed by atoms with Gasteiger partial charge in [0.1, 0.15) is 12.4 Å². The molecule has 0 bridgehead atoms. The molecular weight excluding hydrogens is 410 g/mol. The minimum absolute atomic E-state index is 0.0214. The summed E-state index contributed by atoms with van der Waals surface area (Å²) in [5.74, 6) is -0.188. The summed E-state index contributed by atoms with van der Waals surface area (Å²) in [5, 5.41) is 4.60. The highest BCUT2D eigenvalue weighted by Gasteiger charge is 2.07. The number of carbonyl (C=O) groups is 2. The van der Waals surface area contributed by atoms with E-state index < -0.39 is 11.8 Å². The van der Waals surface area contributed by atoms with Gasteiger partial charge in [0.15, 0.2) is 5.11 Å². The molecule has 0 heterocycles. The lowest BCUT2D eigenvalue weighted by atomic mass is 10.0. The lowest BCUT2D eigenvalue weighted by Gasteiger charge is -2.10. The van der Waals surface area contributed by atoms with E-state index in [1.54, 1.807) is 36.4 Å². The number of hydrazine groups is 1.